The van der Waals surface area contributed by atoms with E-state index in [4.69, 9.17) is 0 Å². The molecule has 4 nitrogen and oxygen atoms in total. The maximum atomic E-state index is 12.3. The molecule has 3 aromatic rings. The van der Waals surface area contributed by atoms with Gasteiger partial charge in [0.15, 0.2) is 0 Å². The molecule has 2 aromatic heterocycles. The van der Waals surface area contributed by atoms with Crippen molar-refractivity contribution in [1.82, 2.24) is 9.38 Å². The number of aromatic nitrogens is 2. The minimum atomic E-state index is -0.0560. The van der Waals surface area contributed by atoms with Crippen LogP contribution < -0.4 is 5.32 Å². The lowest BCUT2D eigenvalue weighted by Gasteiger charge is -2.19. The van der Waals surface area contributed by atoms with Crippen LogP contribution in [0.25, 0.3) is 5.65 Å². The summed E-state index contributed by atoms with van der Waals surface area (Å²) in [5.41, 5.74) is 4.94. The van der Waals surface area contributed by atoms with Gasteiger partial charge in [-0.25, -0.2) is 4.98 Å². The lowest BCUT2D eigenvalue weighted by atomic mass is 9.87. The summed E-state index contributed by atoms with van der Waals surface area (Å²) < 4.78 is 1.95. The lowest BCUT2D eigenvalue weighted by Crippen LogP contribution is -2.15. The molecule has 2 heterocycles. The Labute approximate surface area is 142 Å². The van der Waals surface area contributed by atoms with Crippen molar-refractivity contribution in [2.75, 3.05) is 5.32 Å². The number of nitrogens with one attached hydrogen (secondary N) is 1. The summed E-state index contributed by atoms with van der Waals surface area (Å²) in [7, 11) is 0. The van der Waals surface area contributed by atoms with Crippen molar-refractivity contribution in [2.45, 2.75) is 39.5 Å². The molecule has 1 N–H and O–H groups in total. The number of benzene rings is 1. The fraction of sp³-hybridized carbons (Fsp3) is 0.300. The minimum Gasteiger partial charge on any atom is -0.326 e. The zero-order valence-corrected chi connectivity index (χ0v) is 14.6. The SMILES string of the molecule is Cc1cccn2cc(CC(=O)Nc3ccc(C(C)(C)C)cc3)nc12. The maximum Gasteiger partial charge on any atom is 0.230 e. The first kappa shape index (κ1) is 16.2. The molecule has 4 heteroatoms. The summed E-state index contributed by atoms with van der Waals surface area (Å²) in [6.07, 6.45) is 4.12. The number of hydrogen-bond donors (Lipinski definition) is 1. The van der Waals surface area contributed by atoms with Gasteiger partial charge in [-0.05, 0) is 41.7 Å². The molecule has 1 aromatic carbocycles. The van der Waals surface area contributed by atoms with Crippen LogP contribution in [0.5, 0.6) is 0 Å². The molecular formula is C20H23N3O. The second kappa shape index (κ2) is 6.11. The van der Waals surface area contributed by atoms with Crippen LogP contribution in [0, 0.1) is 6.92 Å². The van der Waals surface area contributed by atoms with Crippen LogP contribution >= 0.6 is 0 Å². The number of carbonyl (C=O) groups is 1. The quantitative estimate of drug-likeness (QED) is 0.788. The lowest BCUT2D eigenvalue weighted by molar-refractivity contribution is -0.115. The van der Waals surface area contributed by atoms with E-state index in [9.17, 15) is 4.79 Å². The largest absolute Gasteiger partial charge is 0.326 e. The molecule has 0 spiro atoms. The second-order valence-corrected chi connectivity index (χ2v) is 7.21. The predicted molar refractivity (Wildman–Crippen MR) is 97.4 cm³/mol. The summed E-state index contributed by atoms with van der Waals surface area (Å²) in [5.74, 6) is -0.0560. The molecule has 0 fully saturated rings. The molecule has 24 heavy (non-hydrogen) atoms. The number of aryl methyl sites for hydroxylation is 1. The first-order chi connectivity index (χ1) is 11.3. The summed E-state index contributed by atoms with van der Waals surface area (Å²) in [5, 5.41) is 2.94. The molecule has 124 valence electrons. The van der Waals surface area contributed by atoms with Crippen molar-refractivity contribution in [3.63, 3.8) is 0 Å². The number of amides is 1. The van der Waals surface area contributed by atoms with Crippen LogP contribution in [0.1, 0.15) is 37.6 Å². The van der Waals surface area contributed by atoms with Gasteiger partial charge in [0.25, 0.3) is 0 Å². The zero-order valence-electron chi connectivity index (χ0n) is 14.6. The number of pyridine rings is 1. The molecule has 0 bridgehead atoms. The number of fused-ring (bicyclic) bond motifs is 1. The molecule has 0 radical (unpaired) electrons. The number of imidazole rings is 1. The minimum absolute atomic E-state index is 0.0560. The van der Waals surface area contributed by atoms with Crippen molar-refractivity contribution in [2.24, 2.45) is 0 Å². The Hall–Kier alpha value is -2.62. The average Bonchev–Trinajstić information content (AvgIpc) is 2.90. The number of carbonyl (C=O) groups excluding carboxylic acids is 1. The van der Waals surface area contributed by atoms with E-state index >= 15 is 0 Å². The highest BCUT2D eigenvalue weighted by molar-refractivity contribution is 5.92. The van der Waals surface area contributed by atoms with Crippen LogP contribution in [-0.4, -0.2) is 15.3 Å². The van der Waals surface area contributed by atoms with Gasteiger partial charge in [0.2, 0.25) is 5.91 Å². The van der Waals surface area contributed by atoms with E-state index in [1.54, 1.807) is 0 Å². The molecular weight excluding hydrogens is 298 g/mol. The Morgan fingerprint density at radius 3 is 2.50 bits per heavy atom. The molecule has 0 aliphatic heterocycles. The van der Waals surface area contributed by atoms with Gasteiger partial charge in [-0.2, -0.15) is 0 Å². The standard InChI is InChI=1S/C20H23N3O/c1-14-6-5-11-23-13-17(22-19(14)23)12-18(24)21-16-9-7-15(8-10-16)20(2,3)4/h5-11,13H,12H2,1-4H3,(H,21,24). The van der Waals surface area contributed by atoms with Crippen LogP contribution in [0.15, 0.2) is 48.8 Å². The van der Waals surface area contributed by atoms with Gasteiger partial charge in [-0.1, -0.05) is 39.0 Å². The number of anilines is 1. The van der Waals surface area contributed by atoms with Crippen molar-refractivity contribution in [1.29, 1.82) is 0 Å². The smallest absolute Gasteiger partial charge is 0.230 e. The van der Waals surface area contributed by atoms with Gasteiger partial charge in [0.1, 0.15) is 5.65 Å². The third kappa shape index (κ3) is 3.48. The fourth-order valence-corrected chi connectivity index (χ4v) is 2.71. The Morgan fingerprint density at radius 2 is 1.88 bits per heavy atom. The highest BCUT2D eigenvalue weighted by Gasteiger charge is 2.13. The van der Waals surface area contributed by atoms with E-state index in [-0.39, 0.29) is 17.7 Å². The van der Waals surface area contributed by atoms with Crippen molar-refractivity contribution >= 4 is 17.2 Å². The van der Waals surface area contributed by atoms with Crippen molar-refractivity contribution < 1.29 is 4.79 Å². The van der Waals surface area contributed by atoms with Crippen LogP contribution in [0.4, 0.5) is 5.69 Å². The number of hydrogen-bond acceptors (Lipinski definition) is 2. The number of nitrogens with zero attached hydrogens (tertiary/aromatic N) is 2. The van der Waals surface area contributed by atoms with E-state index in [1.807, 2.05) is 48.0 Å². The first-order valence-corrected chi connectivity index (χ1v) is 8.16. The molecule has 0 aliphatic rings. The third-order valence-electron chi connectivity index (χ3n) is 4.10. The first-order valence-electron chi connectivity index (χ1n) is 8.16. The predicted octanol–water partition coefficient (Wildman–Crippen LogP) is 4.12. The number of rotatable bonds is 3. The third-order valence-corrected chi connectivity index (χ3v) is 4.10. The average molecular weight is 321 g/mol. The van der Waals surface area contributed by atoms with Gasteiger partial charge < -0.3 is 9.72 Å². The highest BCUT2D eigenvalue weighted by Crippen LogP contribution is 2.23. The summed E-state index contributed by atoms with van der Waals surface area (Å²) >= 11 is 0. The molecule has 0 atom stereocenters. The van der Waals surface area contributed by atoms with Crippen LogP contribution in [0.3, 0.4) is 0 Å². The summed E-state index contributed by atoms with van der Waals surface area (Å²) in [6.45, 7) is 8.53. The fourth-order valence-electron chi connectivity index (χ4n) is 2.71. The second-order valence-electron chi connectivity index (χ2n) is 7.21. The van der Waals surface area contributed by atoms with E-state index in [2.05, 4.69) is 43.2 Å². The molecule has 3 rings (SSSR count). The van der Waals surface area contributed by atoms with Gasteiger partial charge in [0.05, 0.1) is 12.1 Å². The Balaban J connectivity index is 1.69. The molecule has 0 unspecified atom stereocenters. The Morgan fingerprint density at radius 1 is 1.17 bits per heavy atom. The topological polar surface area (TPSA) is 46.4 Å². The maximum absolute atomic E-state index is 12.3. The normalized spacial score (nSPS) is 11.7. The van der Waals surface area contributed by atoms with Gasteiger partial charge >= 0.3 is 0 Å². The van der Waals surface area contributed by atoms with Crippen molar-refractivity contribution in [3.05, 3.63) is 65.6 Å². The van der Waals surface area contributed by atoms with E-state index in [0.29, 0.717) is 0 Å². The zero-order chi connectivity index (χ0) is 17.3. The Bertz CT molecular complexity index is 870. The van der Waals surface area contributed by atoms with Crippen molar-refractivity contribution in [3.8, 4) is 0 Å². The molecule has 0 aliphatic carbocycles. The van der Waals surface area contributed by atoms with Gasteiger partial charge in [-0.3, -0.25) is 4.79 Å². The summed E-state index contributed by atoms with van der Waals surface area (Å²) in [6, 6.07) is 12.0. The Kier molecular flexibility index (Phi) is 4.14. The van der Waals surface area contributed by atoms with E-state index in [0.717, 1.165) is 22.6 Å². The van der Waals surface area contributed by atoms with Gasteiger partial charge in [0, 0.05) is 18.1 Å². The van der Waals surface area contributed by atoms with Crippen LogP contribution in [-0.2, 0) is 16.6 Å². The van der Waals surface area contributed by atoms with E-state index < -0.39 is 0 Å². The molecule has 0 saturated carbocycles. The molecule has 0 saturated heterocycles. The highest BCUT2D eigenvalue weighted by atomic mass is 16.1. The van der Waals surface area contributed by atoms with Crippen LogP contribution in [0.2, 0.25) is 0 Å². The van der Waals surface area contributed by atoms with Gasteiger partial charge in [-0.15, -0.1) is 0 Å². The monoisotopic (exact) mass is 321 g/mol. The molecule has 1 amide bonds. The summed E-state index contributed by atoms with van der Waals surface area (Å²) in [4.78, 5) is 16.8. The van der Waals surface area contributed by atoms with E-state index in [1.165, 1.54) is 5.56 Å².